The first kappa shape index (κ1) is 17.1. The molecule has 0 aromatic heterocycles. The second-order valence-corrected chi connectivity index (χ2v) is 6.13. The highest BCUT2D eigenvalue weighted by Gasteiger charge is 2.11. The molecule has 0 aliphatic rings. The first-order valence-corrected chi connectivity index (χ1v) is 8.23. The van der Waals surface area contributed by atoms with Gasteiger partial charge in [-0.25, -0.2) is 0 Å². The van der Waals surface area contributed by atoms with E-state index in [1.165, 1.54) is 11.1 Å². The van der Waals surface area contributed by atoms with Gasteiger partial charge in [0.15, 0.2) is 0 Å². The highest BCUT2D eigenvalue weighted by Crippen LogP contribution is 2.30. The minimum Gasteiger partial charge on any atom is -0.302 e. The van der Waals surface area contributed by atoms with E-state index in [-0.39, 0.29) is 0 Å². The lowest BCUT2D eigenvalue weighted by Crippen LogP contribution is -2.17. The highest BCUT2D eigenvalue weighted by molar-refractivity contribution is 6.42. The molecule has 1 nitrogen and oxygen atoms in total. The zero-order valence-electron chi connectivity index (χ0n) is 13.0. The Hall–Kier alpha value is -1.28. The van der Waals surface area contributed by atoms with Gasteiger partial charge in [-0.15, -0.1) is 0 Å². The summed E-state index contributed by atoms with van der Waals surface area (Å²) in [5.41, 5.74) is 3.53. The van der Waals surface area contributed by atoms with Crippen molar-refractivity contribution < 1.29 is 0 Å². The Balaban J connectivity index is 2.21. The number of halogens is 2. The van der Waals surface area contributed by atoms with Gasteiger partial charge >= 0.3 is 0 Å². The van der Waals surface area contributed by atoms with Gasteiger partial charge < -0.3 is 4.90 Å². The van der Waals surface area contributed by atoms with Crippen LogP contribution in [-0.4, -0.2) is 18.5 Å². The number of hydrogen-bond donors (Lipinski definition) is 0. The molecule has 0 radical (unpaired) electrons. The predicted molar refractivity (Wildman–Crippen MR) is 97.7 cm³/mol. The van der Waals surface area contributed by atoms with Gasteiger partial charge in [-0.05, 0) is 42.8 Å². The maximum absolute atomic E-state index is 6.42. The first-order valence-electron chi connectivity index (χ1n) is 7.47. The molecule has 0 aliphatic carbocycles. The number of rotatable bonds is 6. The van der Waals surface area contributed by atoms with Crippen molar-refractivity contribution in [3.8, 4) is 0 Å². The van der Waals surface area contributed by atoms with Crippen molar-refractivity contribution in [3.05, 3.63) is 75.3 Å². The van der Waals surface area contributed by atoms with Crippen LogP contribution in [0.1, 0.15) is 23.6 Å². The summed E-state index contributed by atoms with van der Waals surface area (Å²) in [6.07, 6.45) is 5.04. The average molecular weight is 334 g/mol. The van der Waals surface area contributed by atoms with Gasteiger partial charge in [0.2, 0.25) is 0 Å². The molecule has 0 saturated heterocycles. The summed E-state index contributed by atoms with van der Waals surface area (Å²) in [6.45, 7) is 4.02. The van der Waals surface area contributed by atoms with Crippen LogP contribution in [-0.2, 0) is 13.0 Å². The fourth-order valence-corrected chi connectivity index (χ4v) is 2.72. The average Bonchev–Trinajstić information content (AvgIpc) is 2.54. The third kappa shape index (κ3) is 4.61. The first-order chi connectivity index (χ1) is 10.6. The molecule has 0 fully saturated rings. The van der Waals surface area contributed by atoms with Crippen molar-refractivity contribution in [1.82, 2.24) is 4.90 Å². The smallest absolute Gasteiger partial charge is 0.0630 e. The fraction of sp³-hybridized carbons (Fsp3) is 0.263. The molecule has 0 saturated carbocycles. The Morgan fingerprint density at radius 1 is 1.05 bits per heavy atom. The Morgan fingerprint density at radius 3 is 2.45 bits per heavy atom. The summed E-state index contributed by atoms with van der Waals surface area (Å²) < 4.78 is 0. The van der Waals surface area contributed by atoms with Crippen LogP contribution >= 0.6 is 23.2 Å². The summed E-state index contributed by atoms with van der Waals surface area (Å²) in [5.74, 6) is 0. The monoisotopic (exact) mass is 333 g/mol. The number of nitrogens with zero attached hydrogens (tertiary/aromatic N) is 1. The summed E-state index contributed by atoms with van der Waals surface area (Å²) >= 11 is 12.6. The van der Waals surface area contributed by atoms with Gasteiger partial charge in [0.25, 0.3) is 0 Å². The summed E-state index contributed by atoms with van der Waals surface area (Å²) in [4.78, 5) is 2.25. The van der Waals surface area contributed by atoms with E-state index in [9.17, 15) is 0 Å². The van der Waals surface area contributed by atoms with Crippen LogP contribution in [0.3, 0.4) is 0 Å². The molecule has 0 amide bonds. The maximum atomic E-state index is 6.42. The van der Waals surface area contributed by atoms with E-state index in [2.05, 4.69) is 49.2 Å². The summed E-state index contributed by atoms with van der Waals surface area (Å²) in [7, 11) is 2.10. The lowest BCUT2D eigenvalue weighted by Gasteiger charge is -2.18. The SMILES string of the molecule is CCN(C)Cc1ccc(Cl)c(Cl)c1C/C=C/c1ccccc1. The van der Waals surface area contributed by atoms with Gasteiger partial charge in [-0.1, -0.05) is 78.7 Å². The van der Waals surface area contributed by atoms with E-state index in [0.717, 1.165) is 25.1 Å². The lowest BCUT2D eigenvalue weighted by molar-refractivity contribution is 0.345. The molecular formula is C19H21Cl2N. The van der Waals surface area contributed by atoms with Gasteiger partial charge in [0.05, 0.1) is 10.0 Å². The molecule has 22 heavy (non-hydrogen) atoms. The van der Waals surface area contributed by atoms with Gasteiger partial charge in [0.1, 0.15) is 0 Å². The normalized spacial score (nSPS) is 11.5. The van der Waals surface area contributed by atoms with E-state index in [1.54, 1.807) is 0 Å². The largest absolute Gasteiger partial charge is 0.302 e. The maximum Gasteiger partial charge on any atom is 0.0630 e. The standard InChI is InChI=1S/C19H21Cl2N/c1-3-22(2)14-16-12-13-18(20)19(21)17(16)11-7-10-15-8-5-4-6-9-15/h4-10,12-13H,3,11,14H2,1-2H3/b10-7+. The number of benzene rings is 2. The molecule has 2 rings (SSSR count). The fourth-order valence-electron chi connectivity index (χ4n) is 2.28. The van der Waals surface area contributed by atoms with Crippen LogP contribution in [0.4, 0.5) is 0 Å². The van der Waals surface area contributed by atoms with Crippen LogP contribution in [0.2, 0.25) is 10.0 Å². The predicted octanol–water partition coefficient (Wildman–Crippen LogP) is 5.70. The quantitative estimate of drug-likeness (QED) is 0.655. The van der Waals surface area contributed by atoms with Crippen molar-refractivity contribution >= 4 is 29.3 Å². The zero-order chi connectivity index (χ0) is 15.9. The molecule has 2 aromatic rings. The Morgan fingerprint density at radius 2 is 1.77 bits per heavy atom. The molecule has 0 bridgehead atoms. The van der Waals surface area contributed by atoms with Crippen LogP contribution in [0, 0.1) is 0 Å². The summed E-state index contributed by atoms with van der Waals surface area (Å²) in [5, 5.41) is 1.29. The molecule has 2 aromatic carbocycles. The van der Waals surface area contributed by atoms with E-state index in [0.29, 0.717) is 10.0 Å². The van der Waals surface area contributed by atoms with Crippen molar-refractivity contribution in [2.75, 3.05) is 13.6 Å². The highest BCUT2D eigenvalue weighted by atomic mass is 35.5. The Kier molecular flexibility index (Phi) is 6.50. The Labute approximate surface area is 143 Å². The minimum atomic E-state index is 0.618. The Bertz CT molecular complexity index is 635. The van der Waals surface area contributed by atoms with Crippen molar-refractivity contribution in [1.29, 1.82) is 0 Å². The van der Waals surface area contributed by atoms with Gasteiger partial charge in [-0.2, -0.15) is 0 Å². The molecule has 116 valence electrons. The van der Waals surface area contributed by atoms with Crippen LogP contribution in [0.15, 0.2) is 48.5 Å². The van der Waals surface area contributed by atoms with Gasteiger partial charge in [0, 0.05) is 6.54 Å². The zero-order valence-corrected chi connectivity index (χ0v) is 14.5. The molecule has 0 heterocycles. The third-order valence-electron chi connectivity index (χ3n) is 3.71. The lowest BCUT2D eigenvalue weighted by atomic mass is 10.0. The molecule has 0 spiro atoms. The van der Waals surface area contributed by atoms with Crippen molar-refractivity contribution in [2.24, 2.45) is 0 Å². The summed E-state index contributed by atoms with van der Waals surface area (Å²) in [6, 6.07) is 14.2. The van der Waals surface area contributed by atoms with E-state index >= 15 is 0 Å². The van der Waals surface area contributed by atoms with E-state index in [4.69, 9.17) is 23.2 Å². The molecule has 0 atom stereocenters. The molecule has 0 aliphatic heterocycles. The van der Waals surface area contributed by atoms with Crippen LogP contribution in [0.5, 0.6) is 0 Å². The number of hydrogen-bond acceptors (Lipinski definition) is 1. The van der Waals surface area contributed by atoms with Crippen molar-refractivity contribution in [2.45, 2.75) is 19.9 Å². The van der Waals surface area contributed by atoms with E-state index in [1.807, 2.05) is 24.3 Å². The molecule has 0 N–H and O–H groups in total. The topological polar surface area (TPSA) is 3.24 Å². The second-order valence-electron chi connectivity index (χ2n) is 5.35. The molecule has 3 heteroatoms. The molecule has 0 unspecified atom stereocenters. The van der Waals surface area contributed by atoms with E-state index < -0.39 is 0 Å². The minimum absolute atomic E-state index is 0.618. The molecular weight excluding hydrogens is 313 g/mol. The van der Waals surface area contributed by atoms with Gasteiger partial charge in [-0.3, -0.25) is 0 Å². The third-order valence-corrected chi connectivity index (χ3v) is 4.55. The second kappa shape index (κ2) is 8.38. The van der Waals surface area contributed by atoms with Crippen molar-refractivity contribution in [3.63, 3.8) is 0 Å². The van der Waals surface area contributed by atoms with Crippen LogP contribution < -0.4 is 0 Å². The van der Waals surface area contributed by atoms with Crippen LogP contribution in [0.25, 0.3) is 6.08 Å². The number of allylic oxidation sites excluding steroid dienone is 1.